The second-order valence-corrected chi connectivity index (χ2v) is 5.73. The van der Waals surface area contributed by atoms with Crippen LogP contribution in [0.4, 0.5) is 10.5 Å². The Kier molecular flexibility index (Phi) is 6.85. The number of imide groups is 2. The van der Waals surface area contributed by atoms with Gasteiger partial charge in [-0.1, -0.05) is 13.8 Å². The maximum atomic E-state index is 12.7. The lowest BCUT2D eigenvalue weighted by Gasteiger charge is -2.28. The number of nitrogens with one attached hydrogen (secondary N) is 1. The molecule has 1 N–H and O–H groups in total. The first kappa shape index (κ1) is 19.6. The molecule has 1 saturated heterocycles. The molecule has 1 aliphatic rings. The molecule has 0 saturated carbocycles. The summed E-state index contributed by atoms with van der Waals surface area (Å²) >= 11 is 0. The van der Waals surface area contributed by atoms with E-state index in [-0.39, 0.29) is 0 Å². The Hall–Kier alpha value is -2.74. The molecule has 1 atom stereocenters. The van der Waals surface area contributed by atoms with Gasteiger partial charge in [-0.3, -0.25) is 19.9 Å². The van der Waals surface area contributed by atoms with Crippen LogP contribution in [-0.4, -0.2) is 62.2 Å². The first-order valence-electron chi connectivity index (χ1n) is 8.56. The van der Waals surface area contributed by atoms with E-state index >= 15 is 0 Å². The van der Waals surface area contributed by atoms with Gasteiger partial charge in [0, 0.05) is 12.8 Å². The number of ether oxygens (including phenoxy) is 1. The van der Waals surface area contributed by atoms with Gasteiger partial charge in [0.05, 0.1) is 19.3 Å². The van der Waals surface area contributed by atoms with Crippen molar-refractivity contribution in [1.29, 1.82) is 0 Å². The highest BCUT2D eigenvalue weighted by atomic mass is 16.5. The zero-order valence-corrected chi connectivity index (χ0v) is 15.3. The molecule has 0 bridgehead atoms. The number of benzene rings is 1. The minimum Gasteiger partial charge on any atom is -0.497 e. The number of anilines is 1. The van der Waals surface area contributed by atoms with Gasteiger partial charge in [-0.2, -0.15) is 0 Å². The largest absolute Gasteiger partial charge is 0.497 e. The molecule has 1 aromatic rings. The van der Waals surface area contributed by atoms with Crippen molar-refractivity contribution in [3.8, 4) is 5.75 Å². The molecule has 0 aliphatic carbocycles. The lowest BCUT2D eigenvalue weighted by atomic mass is 10.1. The number of nitrogens with zero attached hydrogens (tertiary/aromatic N) is 3. The number of aliphatic imine (C=N–C) groups is 1. The highest BCUT2D eigenvalue weighted by molar-refractivity contribution is 6.32. The van der Waals surface area contributed by atoms with E-state index in [2.05, 4.69) is 29.1 Å². The highest BCUT2D eigenvalue weighted by Gasteiger charge is 2.40. The zero-order valence-electron chi connectivity index (χ0n) is 15.3. The number of likely N-dealkylation sites (N-methyl/N-ethyl adjacent to an activating group) is 1. The summed E-state index contributed by atoms with van der Waals surface area (Å²) in [5.74, 6) is -1.79. The molecule has 0 spiro atoms. The molecule has 8 nitrogen and oxygen atoms in total. The summed E-state index contributed by atoms with van der Waals surface area (Å²) in [7, 11) is 1.52. The number of hydrogen-bond acceptors (Lipinski definition) is 6. The fourth-order valence-corrected chi connectivity index (χ4v) is 2.62. The van der Waals surface area contributed by atoms with Crippen molar-refractivity contribution < 1.29 is 19.1 Å². The molecule has 140 valence electrons. The van der Waals surface area contributed by atoms with Crippen LogP contribution in [0.5, 0.6) is 5.75 Å². The van der Waals surface area contributed by atoms with Gasteiger partial charge >= 0.3 is 6.03 Å². The molecule has 1 aromatic carbocycles. The smallest absolute Gasteiger partial charge is 0.335 e. The number of urea groups is 1. The molecule has 26 heavy (non-hydrogen) atoms. The van der Waals surface area contributed by atoms with E-state index in [9.17, 15) is 14.4 Å². The number of methoxy groups -OCH3 is 1. The first-order chi connectivity index (χ1) is 12.5. The Balaban J connectivity index is 2.11. The van der Waals surface area contributed by atoms with Crippen LogP contribution in [0, 0.1) is 5.92 Å². The lowest BCUT2D eigenvalue weighted by Crippen LogP contribution is -2.58. The molecule has 1 fully saturated rings. The zero-order chi connectivity index (χ0) is 19.1. The second kappa shape index (κ2) is 9.10. The average Bonchev–Trinajstić information content (AvgIpc) is 2.64. The minimum atomic E-state index is -1.12. The quantitative estimate of drug-likeness (QED) is 0.557. The first-order valence-corrected chi connectivity index (χ1v) is 8.56. The summed E-state index contributed by atoms with van der Waals surface area (Å²) in [4.78, 5) is 44.1. The number of hydrogen-bond donors (Lipinski definition) is 1. The van der Waals surface area contributed by atoms with Crippen LogP contribution in [0.3, 0.4) is 0 Å². The predicted molar refractivity (Wildman–Crippen MR) is 98.7 cm³/mol. The molecule has 4 amide bonds. The van der Waals surface area contributed by atoms with Crippen molar-refractivity contribution in [2.45, 2.75) is 13.8 Å². The van der Waals surface area contributed by atoms with Crippen LogP contribution in [0.15, 0.2) is 29.3 Å². The predicted octanol–water partition coefficient (Wildman–Crippen LogP) is 1.31. The lowest BCUT2D eigenvalue weighted by molar-refractivity contribution is -0.131. The third-order valence-electron chi connectivity index (χ3n) is 4.23. The van der Waals surface area contributed by atoms with Gasteiger partial charge in [0.1, 0.15) is 5.75 Å². The minimum absolute atomic E-state index is 0.363. The Morgan fingerprint density at radius 3 is 2.42 bits per heavy atom. The SMILES string of the molecule is CCN(CC)CCN=CC1C(=O)NC(=O)N(c2ccc(OC)cc2)C1=O. The van der Waals surface area contributed by atoms with E-state index in [1.807, 2.05) is 0 Å². The van der Waals surface area contributed by atoms with Gasteiger partial charge in [-0.25, -0.2) is 9.69 Å². The summed E-state index contributed by atoms with van der Waals surface area (Å²) < 4.78 is 5.07. The average molecular weight is 360 g/mol. The summed E-state index contributed by atoms with van der Waals surface area (Å²) in [5.41, 5.74) is 0.363. The number of barbiturate groups is 1. The third kappa shape index (κ3) is 4.45. The maximum Gasteiger partial charge on any atom is 0.335 e. The van der Waals surface area contributed by atoms with Gasteiger partial charge in [-0.05, 0) is 37.4 Å². The normalized spacial score (nSPS) is 17.9. The van der Waals surface area contributed by atoms with Gasteiger partial charge in [0.15, 0.2) is 5.92 Å². The van der Waals surface area contributed by atoms with Crippen LogP contribution in [0.25, 0.3) is 0 Å². The highest BCUT2D eigenvalue weighted by Crippen LogP contribution is 2.23. The standard InChI is InChI=1S/C18H24N4O4/c1-4-21(5-2)11-10-19-12-15-16(23)20-18(25)22(17(15)24)13-6-8-14(26-3)9-7-13/h6-9,12,15H,4-5,10-11H2,1-3H3,(H,20,23,25). The van der Waals surface area contributed by atoms with Crippen molar-refractivity contribution in [1.82, 2.24) is 10.2 Å². The topological polar surface area (TPSA) is 91.3 Å². The molecular weight excluding hydrogens is 336 g/mol. The fourth-order valence-electron chi connectivity index (χ4n) is 2.62. The molecule has 2 rings (SSSR count). The van der Waals surface area contributed by atoms with E-state index in [1.165, 1.54) is 13.3 Å². The Labute approximate surface area is 152 Å². The summed E-state index contributed by atoms with van der Waals surface area (Å²) in [5, 5.41) is 2.20. The van der Waals surface area contributed by atoms with Crippen LogP contribution < -0.4 is 15.0 Å². The summed E-state index contributed by atoms with van der Waals surface area (Å²) in [6.45, 7) is 7.17. The van der Waals surface area contributed by atoms with E-state index in [4.69, 9.17) is 4.74 Å². The van der Waals surface area contributed by atoms with Crippen LogP contribution in [0.1, 0.15) is 13.8 Å². The summed E-state index contributed by atoms with van der Waals surface area (Å²) in [6.07, 6.45) is 1.32. The monoisotopic (exact) mass is 360 g/mol. The van der Waals surface area contributed by atoms with Crippen molar-refractivity contribution in [3.05, 3.63) is 24.3 Å². The van der Waals surface area contributed by atoms with E-state index in [1.54, 1.807) is 24.3 Å². The summed E-state index contributed by atoms with van der Waals surface area (Å²) in [6, 6.07) is 5.68. The van der Waals surface area contributed by atoms with Gasteiger partial charge in [-0.15, -0.1) is 0 Å². The van der Waals surface area contributed by atoms with Crippen molar-refractivity contribution >= 4 is 29.7 Å². The van der Waals surface area contributed by atoms with Gasteiger partial charge in [0.25, 0.3) is 5.91 Å². The number of carbonyl (C=O) groups excluding carboxylic acids is 3. The van der Waals surface area contributed by atoms with Crippen LogP contribution >= 0.6 is 0 Å². The number of amides is 4. The molecule has 1 unspecified atom stereocenters. The fraction of sp³-hybridized carbons (Fsp3) is 0.444. The molecule has 0 radical (unpaired) electrons. The van der Waals surface area contributed by atoms with E-state index in [0.717, 1.165) is 24.5 Å². The molecular formula is C18H24N4O4. The Morgan fingerprint density at radius 1 is 1.19 bits per heavy atom. The molecule has 1 heterocycles. The Morgan fingerprint density at radius 2 is 1.85 bits per heavy atom. The number of carbonyl (C=O) groups is 3. The maximum absolute atomic E-state index is 12.7. The second-order valence-electron chi connectivity index (χ2n) is 5.73. The Bertz CT molecular complexity index is 683. The molecule has 0 aromatic heterocycles. The van der Waals surface area contributed by atoms with Gasteiger partial charge in [0.2, 0.25) is 5.91 Å². The van der Waals surface area contributed by atoms with Crippen molar-refractivity contribution in [2.24, 2.45) is 10.9 Å². The third-order valence-corrected chi connectivity index (χ3v) is 4.23. The van der Waals surface area contributed by atoms with Crippen LogP contribution in [0.2, 0.25) is 0 Å². The van der Waals surface area contributed by atoms with E-state index in [0.29, 0.717) is 18.0 Å². The van der Waals surface area contributed by atoms with Crippen molar-refractivity contribution in [2.75, 3.05) is 38.2 Å². The van der Waals surface area contributed by atoms with Crippen molar-refractivity contribution in [3.63, 3.8) is 0 Å². The number of rotatable bonds is 8. The van der Waals surface area contributed by atoms with E-state index < -0.39 is 23.8 Å². The molecule has 1 aliphatic heterocycles. The van der Waals surface area contributed by atoms with Crippen LogP contribution in [-0.2, 0) is 9.59 Å². The molecule has 8 heteroatoms. The van der Waals surface area contributed by atoms with Gasteiger partial charge < -0.3 is 9.64 Å².